The van der Waals surface area contributed by atoms with Crippen LogP contribution in [0, 0.1) is 0 Å². The molecule has 2 atom stereocenters. The molecule has 0 saturated carbocycles. The predicted molar refractivity (Wildman–Crippen MR) is 83.9 cm³/mol. The van der Waals surface area contributed by atoms with Crippen molar-refractivity contribution in [2.45, 2.75) is 31.5 Å². The Bertz CT molecular complexity index is 682. The normalized spacial score (nSPS) is 20.0. The average molecular weight is 319 g/mol. The zero-order valence-electron chi connectivity index (χ0n) is 12.8. The van der Waals surface area contributed by atoms with Crippen molar-refractivity contribution < 1.29 is 14.7 Å². The van der Waals surface area contributed by atoms with Crippen LogP contribution in [0.4, 0.5) is 0 Å². The van der Waals surface area contributed by atoms with Gasteiger partial charge in [-0.2, -0.15) is 0 Å². The van der Waals surface area contributed by atoms with Gasteiger partial charge in [-0.1, -0.05) is 35.5 Å². The minimum atomic E-state index is -0.735. The van der Waals surface area contributed by atoms with E-state index in [0.717, 1.165) is 24.9 Å². The van der Waals surface area contributed by atoms with Crippen LogP contribution in [0.1, 0.15) is 12.8 Å². The predicted octanol–water partition coefficient (Wildman–Crippen LogP) is 0.321. The average Bonchev–Trinajstić information content (AvgIpc) is 3.15. The van der Waals surface area contributed by atoms with Gasteiger partial charge in [0.05, 0.1) is 19.3 Å². The number of hydrogen-bond acceptors (Lipinski definition) is 6. The van der Waals surface area contributed by atoms with E-state index in [1.54, 1.807) is 0 Å². The highest BCUT2D eigenvalue weighted by atomic mass is 16.5. The van der Waals surface area contributed by atoms with Gasteiger partial charge >= 0.3 is 5.76 Å². The van der Waals surface area contributed by atoms with Gasteiger partial charge in [0.25, 0.3) is 0 Å². The Labute approximate surface area is 133 Å². The molecular weight excluding hydrogens is 298 g/mol. The van der Waals surface area contributed by atoms with Crippen LogP contribution in [-0.2, 0) is 6.54 Å². The summed E-state index contributed by atoms with van der Waals surface area (Å²) in [6.07, 6.45) is 1.22. The molecule has 2 aromatic rings. The Morgan fingerprint density at radius 3 is 2.83 bits per heavy atom. The number of benzene rings is 1. The third kappa shape index (κ3) is 3.52. The summed E-state index contributed by atoms with van der Waals surface area (Å²) in [4.78, 5) is 13.9. The maximum Gasteiger partial charge on any atom is 0.441 e. The molecule has 2 N–H and O–H groups in total. The summed E-state index contributed by atoms with van der Waals surface area (Å²) in [6.45, 7) is 1.47. The number of aliphatic hydroxyl groups excluding tert-OH is 2. The van der Waals surface area contributed by atoms with E-state index >= 15 is 0 Å². The third-order valence-corrected chi connectivity index (χ3v) is 4.27. The van der Waals surface area contributed by atoms with Gasteiger partial charge in [-0.15, -0.1) is 0 Å². The van der Waals surface area contributed by atoms with Crippen molar-refractivity contribution in [3.8, 4) is 11.4 Å². The molecule has 0 bridgehead atoms. The van der Waals surface area contributed by atoms with Gasteiger partial charge < -0.3 is 10.2 Å². The maximum atomic E-state index is 11.9. The zero-order valence-corrected chi connectivity index (χ0v) is 12.8. The topological polar surface area (TPSA) is 91.7 Å². The van der Waals surface area contributed by atoms with E-state index in [4.69, 9.17) is 4.52 Å². The fraction of sp³-hybridized carbons (Fsp3) is 0.500. The van der Waals surface area contributed by atoms with E-state index in [9.17, 15) is 15.0 Å². The van der Waals surface area contributed by atoms with Crippen LogP contribution < -0.4 is 5.76 Å². The number of aliphatic hydroxyl groups is 2. The molecule has 1 saturated heterocycles. The molecule has 1 aromatic heterocycles. The quantitative estimate of drug-likeness (QED) is 0.797. The van der Waals surface area contributed by atoms with Crippen molar-refractivity contribution in [3.05, 3.63) is 40.9 Å². The smallest absolute Gasteiger partial charge is 0.395 e. The van der Waals surface area contributed by atoms with Crippen molar-refractivity contribution in [2.75, 3.05) is 19.7 Å². The van der Waals surface area contributed by atoms with E-state index in [1.165, 1.54) is 4.57 Å². The van der Waals surface area contributed by atoms with Crippen LogP contribution in [0.15, 0.2) is 39.6 Å². The minimum Gasteiger partial charge on any atom is -0.395 e. The number of aromatic nitrogens is 2. The first-order valence-electron chi connectivity index (χ1n) is 7.84. The lowest BCUT2D eigenvalue weighted by Gasteiger charge is -2.25. The molecule has 0 aliphatic carbocycles. The molecular formula is C16H21N3O4. The molecule has 7 nitrogen and oxygen atoms in total. The Morgan fingerprint density at radius 1 is 1.30 bits per heavy atom. The van der Waals surface area contributed by atoms with E-state index in [1.807, 2.05) is 30.3 Å². The molecule has 0 spiro atoms. The highest BCUT2D eigenvalue weighted by Crippen LogP contribution is 2.18. The molecule has 2 unspecified atom stereocenters. The van der Waals surface area contributed by atoms with E-state index < -0.39 is 11.9 Å². The number of rotatable bonds is 6. The van der Waals surface area contributed by atoms with Crippen molar-refractivity contribution in [2.24, 2.45) is 0 Å². The molecule has 1 aliphatic rings. The largest absolute Gasteiger partial charge is 0.441 e. The maximum absolute atomic E-state index is 11.9. The Morgan fingerprint density at radius 2 is 2.09 bits per heavy atom. The van der Waals surface area contributed by atoms with E-state index in [-0.39, 0.29) is 19.2 Å². The van der Waals surface area contributed by atoms with Crippen LogP contribution in [-0.4, -0.2) is 56.7 Å². The second-order valence-corrected chi connectivity index (χ2v) is 5.88. The molecule has 1 aliphatic heterocycles. The van der Waals surface area contributed by atoms with Gasteiger partial charge in [0.2, 0.25) is 0 Å². The molecule has 124 valence electrons. The molecule has 1 fully saturated rings. The van der Waals surface area contributed by atoms with Crippen molar-refractivity contribution >= 4 is 0 Å². The van der Waals surface area contributed by atoms with E-state index in [2.05, 4.69) is 10.1 Å². The van der Waals surface area contributed by atoms with Gasteiger partial charge in [-0.25, -0.2) is 4.79 Å². The lowest BCUT2D eigenvalue weighted by Crippen LogP contribution is -2.40. The molecule has 1 aromatic carbocycles. The highest BCUT2D eigenvalue weighted by Gasteiger charge is 2.26. The molecule has 0 amide bonds. The lowest BCUT2D eigenvalue weighted by molar-refractivity contribution is 0.0740. The van der Waals surface area contributed by atoms with E-state index in [0.29, 0.717) is 12.4 Å². The fourth-order valence-electron chi connectivity index (χ4n) is 3.11. The van der Waals surface area contributed by atoms with Crippen molar-refractivity contribution in [3.63, 3.8) is 0 Å². The molecule has 2 heterocycles. The Kier molecular flexibility index (Phi) is 4.90. The minimum absolute atomic E-state index is 0.0925. The third-order valence-electron chi connectivity index (χ3n) is 4.27. The zero-order chi connectivity index (χ0) is 16.2. The first-order valence-corrected chi connectivity index (χ1v) is 7.84. The summed E-state index contributed by atoms with van der Waals surface area (Å²) in [5.41, 5.74) is 0.764. The van der Waals surface area contributed by atoms with Gasteiger partial charge in [0.1, 0.15) is 0 Å². The Balaban J connectivity index is 1.73. The summed E-state index contributed by atoms with van der Waals surface area (Å²) < 4.78 is 6.11. The second-order valence-electron chi connectivity index (χ2n) is 5.88. The standard InChI is InChI=1S/C16H21N3O4/c20-11-13-7-4-8-18(13)9-14(21)10-19-15(17-23-16(19)22)12-5-2-1-3-6-12/h1-3,5-6,13-14,20-21H,4,7-11H2. The van der Waals surface area contributed by atoms with Crippen LogP contribution >= 0.6 is 0 Å². The molecule has 0 radical (unpaired) electrons. The fourth-order valence-corrected chi connectivity index (χ4v) is 3.11. The van der Waals surface area contributed by atoms with Crippen molar-refractivity contribution in [1.82, 2.24) is 14.6 Å². The van der Waals surface area contributed by atoms with Crippen LogP contribution in [0.2, 0.25) is 0 Å². The van der Waals surface area contributed by atoms with Gasteiger partial charge in [-0.3, -0.25) is 14.0 Å². The molecule has 3 rings (SSSR count). The summed E-state index contributed by atoms with van der Waals surface area (Å²) in [5.74, 6) is -0.169. The summed E-state index contributed by atoms with van der Waals surface area (Å²) in [5, 5.41) is 23.5. The first-order chi connectivity index (χ1) is 11.2. The first kappa shape index (κ1) is 15.9. The monoisotopic (exact) mass is 319 g/mol. The van der Waals surface area contributed by atoms with Crippen LogP contribution in [0.3, 0.4) is 0 Å². The van der Waals surface area contributed by atoms with Crippen LogP contribution in [0.5, 0.6) is 0 Å². The molecule has 23 heavy (non-hydrogen) atoms. The Hall–Kier alpha value is -1.96. The number of likely N-dealkylation sites (tertiary alicyclic amines) is 1. The molecule has 7 heteroatoms. The highest BCUT2D eigenvalue weighted by molar-refractivity contribution is 5.54. The SMILES string of the molecule is O=c1onc(-c2ccccc2)n1CC(O)CN1CCCC1CO. The van der Waals surface area contributed by atoms with Crippen molar-refractivity contribution in [1.29, 1.82) is 0 Å². The number of nitrogens with zero attached hydrogens (tertiary/aromatic N) is 3. The summed E-state index contributed by atoms with van der Waals surface area (Å²) >= 11 is 0. The van der Waals surface area contributed by atoms with Gasteiger partial charge in [0.15, 0.2) is 5.82 Å². The number of hydrogen-bond donors (Lipinski definition) is 2. The lowest BCUT2D eigenvalue weighted by atomic mass is 10.2. The van der Waals surface area contributed by atoms with Gasteiger partial charge in [0, 0.05) is 18.2 Å². The van der Waals surface area contributed by atoms with Crippen LogP contribution in [0.25, 0.3) is 11.4 Å². The number of β-amino-alcohol motifs (C(OH)–C–C–N with tert-alkyl or cyclic N) is 1. The second kappa shape index (κ2) is 7.08. The van der Waals surface area contributed by atoms with Gasteiger partial charge in [-0.05, 0) is 19.4 Å². The summed E-state index contributed by atoms with van der Waals surface area (Å²) in [7, 11) is 0. The summed E-state index contributed by atoms with van der Waals surface area (Å²) in [6, 6.07) is 9.35.